The van der Waals surface area contributed by atoms with E-state index < -0.39 is 11.0 Å². The summed E-state index contributed by atoms with van der Waals surface area (Å²) in [5.74, 6) is 0.248. The van der Waals surface area contributed by atoms with E-state index in [2.05, 4.69) is 16.9 Å². The number of likely N-dealkylation sites (N-methyl/N-ethyl adjacent to an activating group) is 1. The predicted molar refractivity (Wildman–Crippen MR) is 108 cm³/mol. The van der Waals surface area contributed by atoms with Gasteiger partial charge in [-0.05, 0) is 61.5 Å². The molecule has 5 heteroatoms. The van der Waals surface area contributed by atoms with Crippen molar-refractivity contribution in [2.75, 3.05) is 20.1 Å². The summed E-state index contributed by atoms with van der Waals surface area (Å²) >= 11 is 6.24. The van der Waals surface area contributed by atoms with Crippen LogP contribution in [-0.4, -0.2) is 45.8 Å². The Kier molecular flexibility index (Phi) is 3.64. The van der Waals surface area contributed by atoms with Crippen LogP contribution in [-0.2, 0) is 18.3 Å². The van der Waals surface area contributed by atoms with Gasteiger partial charge in [-0.2, -0.15) is 0 Å². The van der Waals surface area contributed by atoms with E-state index in [4.69, 9.17) is 11.6 Å². The predicted octanol–water partition coefficient (Wildman–Crippen LogP) is 3.63. The van der Waals surface area contributed by atoms with Gasteiger partial charge in [-0.25, -0.2) is 0 Å². The highest BCUT2D eigenvalue weighted by Gasteiger charge is 2.57. The van der Waals surface area contributed by atoms with Gasteiger partial charge < -0.3 is 20.1 Å². The monoisotopic (exact) mass is 382 g/mol. The summed E-state index contributed by atoms with van der Waals surface area (Å²) in [6.45, 7) is 1.52. The molecule has 0 radical (unpaired) electrons. The fourth-order valence-corrected chi connectivity index (χ4v) is 5.48. The van der Waals surface area contributed by atoms with Gasteiger partial charge in [-0.3, -0.25) is 0 Å². The smallest absolute Gasteiger partial charge is 0.115 e. The number of rotatable bonds is 1. The third-order valence-electron chi connectivity index (χ3n) is 6.65. The second-order valence-electron chi connectivity index (χ2n) is 8.28. The lowest BCUT2D eigenvalue weighted by molar-refractivity contribution is -0.0972. The van der Waals surface area contributed by atoms with Gasteiger partial charge in [0, 0.05) is 46.4 Å². The average molecular weight is 383 g/mol. The molecule has 140 valence electrons. The number of H-pyrrole nitrogens is 1. The van der Waals surface area contributed by atoms with Crippen LogP contribution in [0.1, 0.15) is 23.2 Å². The Morgan fingerprint density at radius 1 is 1.15 bits per heavy atom. The normalized spacial score (nSPS) is 28.1. The Hall–Kier alpha value is -2.01. The second kappa shape index (κ2) is 5.74. The first-order valence-corrected chi connectivity index (χ1v) is 9.77. The van der Waals surface area contributed by atoms with Crippen molar-refractivity contribution in [1.29, 1.82) is 0 Å². The maximum atomic E-state index is 12.0. The lowest BCUT2D eigenvalue weighted by atomic mass is 9.56. The van der Waals surface area contributed by atoms with Crippen molar-refractivity contribution in [2.45, 2.75) is 30.3 Å². The SMILES string of the molecule is CN1CCC2(c3cccc(O)c3)Cc3[nH]c4ccc(Cl)cc4c3CC2(O)C1. The number of fused-ring (bicyclic) bond motifs is 4. The van der Waals surface area contributed by atoms with Crippen molar-refractivity contribution in [3.8, 4) is 5.75 Å². The number of piperidine rings is 1. The number of nitrogens with one attached hydrogen (secondary N) is 1. The number of aromatic amines is 1. The second-order valence-corrected chi connectivity index (χ2v) is 8.71. The lowest BCUT2D eigenvalue weighted by Gasteiger charge is -2.55. The molecule has 2 aliphatic rings. The average Bonchev–Trinajstić information content (AvgIpc) is 2.95. The van der Waals surface area contributed by atoms with Crippen LogP contribution in [0.25, 0.3) is 10.9 Å². The Morgan fingerprint density at radius 2 is 2.00 bits per heavy atom. The van der Waals surface area contributed by atoms with Crippen molar-refractivity contribution >= 4 is 22.5 Å². The molecule has 0 bridgehead atoms. The summed E-state index contributed by atoms with van der Waals surface area (Å²) in [6.07, 6.45) is 2.14. The number of halogens is 1. The van der Waals surface area contributed by atoms with Crippen molar-refractivity contribution in [1.82, 2.24) is 9.88 Å². The minimum atomic E-state index is -0.905. The number of nitrogens with zero attached hydrogens (tertiary/aromatic N) is 1. The number of aliphatic hydroxyl groups is 1. The van der Waals surface area contributed by atoms with E-state index in [0.29, 0.717) is 18.0 Å². The molecule has 1 saturated heterocycles. The van der Waals surface area contributed by atoms with E-state index in [1.165, 1.54) is 11.3 Å². The van der Waals surface area contributed by atoms with Gasteiger partial charge in [0.05, 0.1) is 5.60 Å². The van der Waals surface area contributed by atoms with Crippen LogP contribution in [0.5, 0.6) is 5.75 Å². The highest BCUT2D eigenvalue weighted by atomic mass is 35.5. The summed E-state index contributed by atoms with van der Waals surface area (Å²) in [5.41, 5.74) is 3.09. The number of likely N-dealkylation sites (tertiary alicyclic amines) is 1. The van der Waals surface area contributed by atoms with Crippen molar-refractivity contribution in [3.05, 3.63) is 64.3 Å². The molecule has 4 nitrogen and oxygen atoms in total. The molecule has 27 heavy (non-hydrogen) atoms. The molecule has 2 aromatic carbocycles. The Morgan fingerprint density at radius 3 is 2.81 bits per heavy atom. The number of β-amino-alcohol motifs (C(OH)–C–C–N with tert-alkyl or cyclic N) is 1. The Labute approximate surface area is 163 Å². The molecule has 0 spiro atoms. The number of benzene rings is 2. The molecule has 1 aromatic heterocycles. The fourth-order valence-electron chi connectivity index (χ4n) is 5.31. The standard InChI is InChI=1S/C22H23ClN2O2/c1-25-8-7-21(14-3-2-4-16(26)9-14)12-20-18(11-22(21,27)13-25)17-10-15(23)5-6-19(17)24-20/h2-6,9-10,24,26-27H,7-8,11-13H2,1H3. The molecular formula is C22H23ClN2O2. The van der Waals surface area contributed by atoms with E-state index in [1.54, 1.807) is 6.07 Å². The molecule has 1 aliphatic carbocycles. The van der Waals surface area contributed by atoms with Gasteiger partial charge >= 0.3 is 0 Å². The molecule has 3 aromatic rings. The molecule has 2 unspecified atom stereocenters. The van der Waals surface area contributed by atoms with Gasteiger partial charge in [-0.15, -0.1) is 0 Å². The Balaban J connectivity index is 1.73. The van der Waals surface area contributed by atoms with E-state index in [1.807, 2.05) is 36.4 Å². The molecule has 2 heterocycles. The van der Waals surface area contributed by atoms with E-state index >= 15 is 0 Å². The maximum absolute atomic E-state index is 12.0. The number of aromatic hydroxyl groups is 1. The van der Waals surface area contributed by atoms with Gasteiger partial charge in [-0.1, -0.05) is 23.7 Å². The lowest BCUT2D eigenvalue weighted by Crippen LogP contribution is -2.65. The first-order chi connectivity index (χ1) is 12.9. The van der Waals surface area contributed by atoms with E-state index in [-0.39, 0.29) is 5.75 Å². The highest BCUT2D eigenvalue weighted by Crippen LogP contribution is 2.51. The molecule has 1 aliphatic heterocycles. The number of hydrogen-bond acceptors (Lipinski definition) is 3. The number of aromatic nitrogens is 1. The van der Waals surface area contributed by atoms with Crippen LogP contribution in [0.2, 0.25) is 5.02 Å². The van der Waals surface area contributed by atoms with E-state index in [9.17, 15) is 10.2 Å². The summed E-state index contributed by atoms with van der Waals surface area (Å²) in [5, 5.41) is 23.9. The van der Waals surface area contributed by atoms with Gasteiger partial charge in [0.15, 0.2) is 0 Å². The van der Waals surface area contributed by atoms with Gasteiger partial charge in [0.1, 0.15) is 5.75 Å². The zero-order chi connectivity index (χ0) is 18.8. The minimum absolute atomic E-state index is 0.248. The zero-order valence-electron chi connectivity index (χ0n) is 15.3. The maximum Gasteiger partial charge on any atom is 0.115 e. The molecular weight excluding hydrogens is 360 g/mol. The molecule has 3 N–H and O–H groups in total. The topological polar surface area (TPSA) is 59.5 Å². The van der Waals surface area contributed by atoms with Crippen LogP contribution in [0, 0.1) is 0 Å². The van der Waals surface area contributed by atoms with Crippen molar-refractivity contribution < 1.29 is 10.2 Å². The summed E-state index contributed by atoms with van der Waals surface area (Å²) in [7, 11) is 2.06. The van der Waals surface area contributed by atoms with Gasteiger partial charge in [0.2, 0.25) is 0 Å². The Bertz CT molecular complexity index is 1050. The summed E-state index contributed by atoms with van der Waals surface area (Å²) in [4.78, 5) is 5.77. The molecule has 5 rings (SSSR count). The van der Waals surface area contributed by atoms with Crippen LogP contribution in [0.3, 0.4) is 0 Å². The third kappa shape index (κ3) is 2.44. The molecule has 0 saturated carbocycles. The van der Waals surface area contributed by atoms with Crippen LogP contribution in [0.4, 0.5) is 0 Å². The van der Waals surface area contributed by atoms with E-state index in [0.717, 1.165) is 35.9 Å². The first kappa shape index (κ1) is 17.1. The minimum Gasteiger partial charge on any atom is -0.508 e. The van der Waals surface area contributed by atoms with Crippen molar-refractivity contribution in [3.63, 3.8) is 0 Å². The molecule has 1 fully saturated rings. The zero-order valence-corrected chi connectivity index (χ0v) is 16.1. The van der Waals surface area contributed by atoms with Crippen LogP contribution < -0.4 is 0 Å². The van der Waals surface area contributed by atoms with Crippen LogP contribution in [0.15, 0.2) is 42.5 Å². The highest BCUT2D eigenvalue weighted by molar-refractivity contribution is 6.31. The fraction of sp³-hybridized carbons (Fsp3) is 0.364. The van der Waals surface area contributed by atoms with Crippen LogP contribution >= 0.6 is 11.6 Å². The largest absolute Gasteiger partial charge is 0.508 e. The van der Waals surface area contributed by atoms with Gasteiger partial charge in [0.25, 0.3) is 0 Å². The third-order valence-corrected chi connectivity index (χ3v) is 6.88. The number of phenols is 1. The summed E-state index contributed by atoms with van der Waals surface area (Å²) in [6, 6.07) is 13.3. The quantitative estimate of drug-likeness (QED) is 0.602. The number of hydrogen-bond donors (Lipinski definition) is 3. The molecule has 2 atom stereocenters. The van der Waals surface area contributed by atoms with Crippen molar-refractivity contribution in [2.24, 2.45) is 0 Å². The first-order valence-electron chi connectivity index (χ1n) is 9.40. The summed E-state index contributed by atoms with van der Waals surface area (Å²) < 4.78 is 0. The molecule has 0 amide bonds. The number of phenolic OH excluding ortho intramolecular Hbond substituents is 1.